The predicted octanol–water partition coefficient (Wildman–Crippen LogP) is 4.28. The van der Waals surface area contributed by atoms with Crippen molar-refractivity contribution in [3.8, 4) is 0 Å². The monoisotopic (exact) mass is 325 g/mol. The van der Waals surface area contributed by atoms with Crippen molar-refractivity contribution in [2.24, 2.45) is 0 Å². The first kappa shape index (κ1) is 15.6. The Balaban J connectivity index is 0.000000771. The summed E-state index contributed by atoms with van der Waals surface area (Å²) in [5.74, 6) is -0.922. The van der Waals surface area contributed by atoms with Crippen molar-refractivity contribution in [3.63, 3.8) is 0 Å². The van der Waals surface area contributed by atoms with Crippen molar-refractivity contribution in [3.05, 3.63) is 35.4 Å². The lowest BCUT2D eigenvalue weighted by molar-refractivity contribution is 0.0777. The van der Waals surface area contributed by atoms with Crippen molar-refractivity contribution in [2.75, 3.05) is 0 Å². The average molecular weight is 327 g/mol. The average Bonchev–Trinajstić information content (AvgIpc) is 2.56. The highest BCUT2D eigenvalue weighted by molar-refractivity contribution is 8.03. The van der Waals surface area contributed by atoms with Gasteiger partial charge in [0.05, 0.1) is 11.1 Å². The van der Waals surface area contributed by atoms with Gasteiger partial charge in [0.2, 0.25) is 0 Å². The Hall–Kier alpha value is -0.420. The number of fused-ring (bicyclic) bond motifs is 1. The summed E-state index contributed by atoms with van der Waals surface area (Å²) < 4.78 is -0.884. The normalized spacial score (nSPS) is 14.2. The van der Waals surface area contributed by atoms with E-state index in [2.05, 4.69) is 0 Å². The fourth-order valence-electron chi connectivity index (χ4n) is 1.35. The molecular formula is C11H10Cl3NO2S. The molecule has 0 aromatic heterocycles. The minimum absolute atomic E-state index is 0.328. The molecular weight excluding hydrogens is 317 g/mol. The highest BCUT2D eigenvalue weighted by Crippen LogP contribution is 2.43. The molecule has 0 saturated carbocycles. The summed E-state index contributed by atoms with van der Waals surface area (Å²) in [5.41, 5.74) is 0.656. The Kier molecular flexibility index (Phi) is 5.34. The number of hydrogen-bond acceptors (Lipinski definition) is 3. The van der Waals surface area contributed by atoms with Crippen LogP contribution in [-0.4, -0.2) is 19.2 Å². The van der Waals surface area contributed by atoms with Gasteiger partial charge in [-0.25, -0.2) is 4.31 Å². The van der Waals surface area contributed by atoms with Crippen LogP contribution < -0.4 is 0 Å². The van der Waals surface area contributed by atoms with Gasteiger partial charge in [0.1, 0.15) is 0 Å². The van der Waals surface area contributed by atoms with Crippen LogP contribution >= 0.6 is 46.8 Å². The van der Waals surface area contributed by atoms with E-state index in [9.17, 15) is 9.59 Å². The Morgan fingerprint density at radius 2 is 1.39 bits per heavy atom. The van der Waals surface area contributed by atoms with Crippen LogP contribution in [0.3, 0.4) is 0 Å². The maximum atomic E-state index is 11.8. The van der Waals surface area contributed by atoms with Crippen molar-refractivity contribution in [2.45, 2.75) is 17.0 Å². The number of hydrogen-bond donors (Lipinski definition) is 0. The maximum absolute atomic E-state index is 11.8. The SMILES string of the molecule is CC.O=C1c2ccccc2C(=O)N1SC(Cl)(Cl)Cl. The summed E-state index contributed by atoms with van der Waals surface area (Å²) in [5, 5.41) is 0. The molecule has 1 heterocycles. The van der Waals surface area contributed by atoms with Gasteiger partial charge >= 0.3 is 0 Å². The topological polar surface area (TPSA) is 37.4 Å². The van der Waals surface area contributed by atoms with E-state index in [1.807, 2.05) is 13.8 Å². The summed E-state index contributed by atoms with van der Waals surface area (Å²) in [6, 6.07) is 6.48. The molecule has 0 saturated heterocycles. The number of rotatable bonds is 1. The molecule has 3 nitrogen and oxygen atoms in total. The van der Waals surface area contributed by atoms with Gasteiger partial charge in [-0.3, -0.25) is 9.59 Å². The molecule has 2 rings (SSSR count). The van der Waals surface area contributed by atoms with Crippen LogP contribution in [0, 0.1) is 0 Å². The molecule has 0 radical (unpaired) electrons. The molecule has 0 bridgehead atoms. The molecule has 0 fully saturated rings. The van der Waals surface area contributed by atoms with Crippen LogP contribution in [0.2, 0.25) is 0 Å². The number of alkyl halides is 3. The van der Waals surface area contributed by atoms with E-state index in [4.69, 9.17) is 34.8 Å². The molecule has 0 spiro atoms. The van der Waals surface area contributed by atoms with E-state index in [-0.39, 0.29) is 0 Å². The second kappa shape index (κ2) is 6.15. The molecule has 1 aliphatic heterocycles. The number of carbonyl (C=O) groups is 2. The summed E-state index contributed by atoms with van der Waals surface area (Å²) >= 11 is 17.2. The fraction of sp³-hybridized carbons (Fsp3) is 0.273. The lowest BCUT2D eigenvalue weighted by Gasteiger charge is -2.17. The first-order valence-electron chi connectivity index (χ1n) is 5.14. The second-order valence-corrected chi connectivity index (χ2v) is 7.10. The zero-order valence-corrected chi connectivity index (χ0v) is 12.7. The smallest absolute Gasteiger partial charge is 0.268 e. The quantitative estimate of drug-likeness (QED) is 0.439. The van der Waals surface area contributed by atoms with Gasteiger partial charge in [0.25, 0.3) is 14.9 Å². The number of imide groups is 1. The molecule has 0 N–H and O–H groups in total. The van der Waals surface area contributed by atoms with Gasteiger partial charge in [-0.1, -0.05) is 60.8 Å². The minimum atomic E-state index is -1.74. The third-order valence-electron chi connectivity index (χ3n) is 1.95. The number of nitrogens with zero attached hydrogens (tertiary/aromatic N) is 1. The first-order chi connectivity index (χ1) is 8.40. The van der Waals surface area contributed by atoms with Crippen LogP contribution in [0.5, 0.6) is 0 Å². The van der Waals surface area contributed by atoms with Gasteiger partial charge in [0.15, 0.2) is 0 Å². The molecule has 0 unspecified atom stereocenters. The van der Waals surface area contributed by atoms with Crippen LogP contribution in [0.25, 0.3) is 0 Å². The molecule has 1 aromatic rings. The van der Waals surface area contributed by atoms with Gasteiger partial charge in [-0.2, -0.15) is 0 Å². The van der Waals surface area contributed by atoms with E-state index in [1.165, 1.54) is 0 Å². The number of benzene rings is 1. The number of carbonyl (C=O) groups excluding carboxylic acids is 2. The summed E-state index contributed by atoms with van der Waals surface area (Å²) in [7, 11) is 0. The fourth-order valence-corrected chi connectivity index (χ4v) is 2.54. The molecule has 0 atom stereocenters. The summed E-state index contributed by atoms with van der Waals surface area (Å²) in [6.45, 7) is 4.00. The van der Waals surface area contributed by atoms with Gasteiger partial charge in [-0.05, 0) is 12.1 Å². The van der Waals surface area contributed by atoms with Crippen molar-refractivity contribution in [1.29, 1.82) is 0 Å². The van der Waals surface area contributed by atoms with Crippen LogP contribution in [0.4, 0.5) is 0 Å². The highest BCUT2D eigenvalue weighted by Gasteiger charge is 2.40. The van der Waals surface area contributed by atoms with Crippen molar-refractivity contribution >= 4 is 58.6 Å². The van der Waals surface area contributed by atoms with Crippen LogP contribution in [0.1, 0.15) is 34.6 Å². The van der Waals surface area contributed by atoms with Gasteiger partial charge < -0.3 is 0 Å². The first-order valence-corrected chi connectivity index (χ1v) is 7.04. The standard InChI is InChI=1S/C9H4Cl3NO2S.C2H6/c10-9(11,12)16-13-7(14)5-3-1-2-4-6(5)8(13)15;1-2/h1-4H;1-2H3. The van der Waals surface area contributed by atoms with E-state index < -0.39 is 14.9 Å². The summed E-state index contributed by atoms with van der Waals surface area (Å²) in [4.78, 5) is 23.6. The van der Waals surface area contributed by atoms with E-state index in [0.717, 1.165) is 4.31 Å². The van der Waals surface area contributed by atoms with Crippen LogP contribution in [0.15, 0.2) is 24.3 Å². The van der Waals surface area contributed by atoms with Gasteiger partial charge in [-0.15, -0.1) is 0 Å². The number of halogens is 3. The Morgan fingerprint density at radius 3 is 1.72 bits per heavy atom. The lowest BCUT2D eigenvalue weighted by atomic mass is 10.1. The van der Waals surface area contributed by atoms with E-state index >= 15 is 0 Å². The van der Waals surface area contributed by atoms with Crippen molar-refractivity contribution in [1.82, 2.24) is 4.31 Å². The molecule has 18 heavy (non-hydrogen) atoms. The molecule has 98 valence electrons. The van der Waals surface area contributed by atoms with Crippen molar-refractivity contribution < 1.29 is 9.59 Å². The molecule has 1 aliphatic rings. The number of amides is 2. The molecule has 2 amide bonds. The Morgan fingerprint density at radius 1 is 1.00 bits per heavy atom. The molecule has 0 aliphatic carbocycles. The third kappa shape index (κ3) is 3.32. The zero-order chi connectivity index (χ0) is 13.9. The largest absolute Gasteiger partial charge is 0.271 e. The Labute approximate surface area is 125 Å². The third-order valence-corrected chi connectivity index (χ3v) is 3.29. The van der Waals surface area contributed by atoms with E-state index in [0.29, 0.717) is 23.1 Å². The lowest BCUT2D eigenvalue weighted by Crippen LogP contribution is -2.25. The highest BCUT2D eigenvalue weighted by atomic mass is 35.6. The maximum Gasteiger partial charge on any atom is 0.271 e. The molecule has 7 heteroatoms. The van der Waals surface area contributed by atoms with Crippen LogP contribution in [-0.2, 0) is 0 Å². The zero-order valence-electron chi connectivity index (χ0n) is 9.62. The van der Waals surface area contributed by atoms with Gasteiger partial charge in [0, 0.05) is 11.9 Å². The Bertz CT molecular complexity index is 439. The minimum Gasteiger partial charge on any atom is -0.268 e. The van der Waals surface area contributed by atoms with E-state index in [1.54, 1.807) is 24.3 Å². The second-order valence-electron chi connectivity index (χ2n) is 2.99. The molecule has 1 aromatic carbocycles. The summed E-state index contributed by atoms with van der Waals surface area (Å²) in [6.07, 6.45) is 0. The predicted molar refractivity (Wildman–Crippen MR) is 76.2 cm³/mol.